The Hall–Kier alpha value is -3.12. The van der Waals surface area contributed by atoms with Crippen LogP contribution in [-0.2, 0) is 4.74 Å². The van der Waals surface area contributed by atoms with Crippen molar-refractivity contribution in [3.8, 4) is 17.3 Å². The van der Waals surface area contributed by atoms with Gasteiger partial charge in [0.15, 0.2) is 5.65 Å². The molecule has 5 rings (SSSR count). The van der Waals surface area contributed by atoms with E-state index in [0.717, 1.165) is 53.3 Å². The van der Waals surface area contributed by atoms with E-state index in [0.29, 0.717) is 18.7 Å². The van der Waals surface area contributed by atoms with Crippen molar-refractivity contribution in [2.75, 3.05) is 31.1 Å². The van der Waals surface area contributed by atoms with Crippen LogP contribution in [0.4, 0.5) is 10.7 Å². The second kappa shape index (κ2) is 8.27. The van der Waals surface area contributed by atoms with E-state index >= 15 is 0 Å². The second-order valence-corrected chi connectivity index (χ2v) is 11.0. The molecule has 0 saturated carbocycles. The Kier molecular flexibility index (Phi) is 5.52. The Labute approximate surface area is 207 Å². The van der Waals surface area contributed by atoms with Gasteiger partial charge < -0.3 is 14.5 Å². The Bertz CT molecular complexity index is 1290. The molecule has 2 aromatic heterocycles. The molecule has 176 valence electrons. The predicted molar refractivity (Wildman–Crippen MR) is 133 cm³/mol. The Morgan fingerprint density at radius 1 is 1.18 bits per heavy atom. The monoisotopic (exact) mass is 522 g/mol. The smallest absolute Gasteiger partial charge is 0.410 e. The number of aromatic nitrogens is 3. The van der Waals surface area contributed by atoms with E-state index in [9.17, 15) is 4.79 Å². The molecule has 2 aliphatic heterocycles. The molecular weight excluding hydrogens is 496 g/mol. The molecule has 0 bridgehead atoms. The zero-order valence-electron chi connectivity index (χ0n) is 19.6. The van der Waals surface area contributed by atoms with Crippen molar-refractivity contribution >= 4 is 33.6 Å². The van der Waals surface area contributed by atoms with Gasteiger partial charge in [0.05, 0.1) is 21.8 Å². The van der Waals surface area contributed by atoms with Crippen molar-refractivity contribution in [3.63, 3.8) is 0 Å². The highest BCUT2D eigenvalue weighted by Crippen LogP contribution is 2.42. The number of nitrogens with zero attached hydrogens (tertiary/aromatic N) is 6. The number of anilines is 1. The summed E-state index contributed by atoms with van der Waals surface area (Å²) in [6.07, 6.45) is 5.42. The molecule has 2 aliphatic rings. The summed E-state index contributed by atoms with van der Waals surface area (Å²) in [5, 5.41) is 9.14. The number of imidazole rings is 1. The number of halogens is 1. The molecule has 9 heteroatoms. The molecule has 0 radical (unpaired) electrons. The van der Waals surface area contributed by atoms with Crippen LogP contribution in [0.3, 0.4) is 0 Å². The van der Waals surface area contributed by atoms with Gasteiger partial charge in [0.1, 0.15) is 5.60 Å². The molecule has 8 nitrogen and oxygen atoms in total. The molecule has 1 atom stereocenters. The largest absolute Gasteiger partial charge is 0.444 e. The molecule has 34 heavy (non-hydrogen) atoms. The first-order chi connectivity index (χ1) is 16.2. The van der Waals surface area contributed by atoms with Gasteiger partial charge in [-0.25, -0.2) is 14.8 Å². The van der Waals surface area contributed by atoms with Crippen LogP contribution in [0, 0.1) is 16.7 Å². The Morgan fingerprint density at radius 2 is 1.91 bits per heavy atom. The number of likely N-dealkylation sites (tertiary alicyclic amines) is 1. The van der Waals surface area contributed by atoms with E-state index in [1.807, 2.05) is 48.4 Å². The minimum atomic E-state index is -0.495. The highest BCUT2D eigenvalue weighted by Gasteiger charge is 2.46. The number of nitriles is 1. The summed E-state index contributed by atoms with van der Waals surface area (Å²) in [6, 6.07) is 9.58. The first-order valence-corrected chi connectivity index (χ1v) is 12.2. The Balaban J connectivity index is 1.43. The fraction of sp³-hybridized carbons (Fsp3) is 0.440. The van der Waals surface area contributed by atoms with Crippen molar-refractivity contribution in [3.05, 3.63) is 46.7 Å². The van der Waals surface area contributed by atoms with E-state index in [2.05, 4.69) is 31.9 Å². The lowest BCUT2D eigenvalue weighted by Crippen LogP contribution is -2.38. The number of benzene rings is 1. The normalized spacial score (nSPS) is 20.3. The summed E-state index contributed by atoms with van der Waals surface area (Å²) in [6.45, 7) is 8.79. The maximum absolute atomic E-state index is 12.6. The second-order valence-electron chi connectivity index (χ2n) is 10.2. The van der Waals surface area contributed by atoms with Gasteiger partial charge >= 0.3 is 6.09 Å². The third-order valence-corrected chi connectivity index (χ3v) is 7.30. The van der Waals surface area contributed by atoms with Crippen LogP contribution >= 0.6 is 15.9 Å². The number of fused-ring (bicyclic) bond motifs is 1. The molecule has 1 aromatic carbocycles. The van der Waals surface area contributed by atoms with Crippen molar-refractivity contribution in [2.24, 2.45) is 5.41 Å². The van der Waals surface area contributed by atoms with Crippen molar-refractivity contribution in [1.29, 1.82) is 5.26 Å². The van der Waals surface area contributed by atoms with Crippen molar-refractivity contribution in [2.45, 2.75) is 39.2 Å². The minimum absolute atomic E-state index is 0.0349. The first-order valence-electron chi connectivity index (χ1n) is 11.4. The maximum Gasteiger partial charge on any atom is 0.410 e. The van der Waals surface area contributed by atoms with E-state index in [-0.39, 0.29) is 11.5 Å². The number of carbonyl (C=O) groups excluding carboxylic acids is 1. The third-order valence-electron chi connectivity index (χ3n) is 6.57. The van der Waals surface area contributed by atoms with Crippen LogP contribution in [0.5, 0.6) is 0 Å². The third kappa shape index (κ3) is 4.11. The van der Waals surface area contributed by atoms with E-state index in [4.69, 9.17) is 15.0 Å². The van der Waals surface area contributed by atoms with Gasteiger partial charge in [0.25, 0.3) is 0 Å². The number of hydrogen-bond acceptors (Lipinski definition) is 6. The summed E-state index contributed by atoms with van der Waals surface area (Å²) in [5.41, 5.74) is 2.66. The van der Waals surface area contributed by atoms with Crippen LogP contribution in [0.15, 0.2) is 41.1 Å². The summed E-state index contributed by atoms with van der Waals surface area (Å²) in [5.74, 6) is 0.836. The minimum Gasteiger partial charge on any atom is -0.444 e. The summed E-state index contributed by atoms with van der Waals surface area (Å²) < 4.78 is 8.43. The van der Waals surface area contributed by atoms with Crippen LogP contribution in [0.1, 0.15) is 39.2 Å². The standard InChI is InChI=1S/C25H27BrN6O2/c1-24(2,3)34-23(33)31-12-9-25(16-31)8-11-30(15-25)22-29-20(18-6-4-17(14-27)5-7-18)19(26)21-28-10-13-32(21)22/h4-7,10,13H,8-9,11-12,15-16H2,1-3H3. The fourth-order valence-corrected chi connectivity index (χ4v) is 5.52. The van der Waals surface area contributed by atoms with E-state index in [1.54, 1.807) is 18.3 Å². The summed E-state index contributed by atoms with van der Waals surface area (Å²) >= 11 is 3.70. The molecule has 0 aliphatic carbocycles. The molecule has 2 saturated heterocycles. The molecular formula is C25H27BrN6O2. The van der Waals surface area contributed by atoms with Gasteiger partial charge in [-0.05, 0) is 61.7 Å². The van der Waals surface area contributed by atoms with Gasteiger partial charge in [-0.3, -0.25) is 4.40 Å². The molecule has 3 aromatic rings. The molecule has 1 unspecified atom stereocenters. The van der Waals surface area contributed by atoms with Gasteiger partial charge in [-0.15, -0.1) is 0 Å². The quantitative estimate of drug-likeness (QED) is 0.477. The number of carbonyl (C=O) groups is 1. The number of hydrogen-bond donors (Lipinski definition) is 0. The highest BCUT2D eigenvalue weighted by atomic mass is 79.9. The van der Waals surface area contributed by atoms with Gasteiger partial charge in [0, 0.05) is 49.6 Å². The average molecular weight is 523 g/mol. The highest BCUT2D eigenvalue weighted by molar-refractivity contribution is 9.10. The lowest BCUT2D eigenvalue weighted by Gasteiger charge is -2.27. The number of amides is 1. The summed E-state index contributed by atoms with van der Waals surface area (Å²) in [4.78, 5) is 26.4. The first kappa shape index (κ1) is 22.7. The van der Waals surface area contributed by atoms with Crippen LogP contribution < -0.4 is 4.90 Å². The molecule has 4 heterocycles. The van der Waals surface area contributed by atoms with Gasteiger partial charge in [-0.2, -0.15) is 5.26 Å². The SMILES string of the molecule is CC(C)(C)OC(=O)N1CCC2(CCN(c3nc(-c4ccc(C#N)cc4)c(Br)c4nccn34)C2)C1. The van der Waals surface area contributed by atoms with E-state index in [1.165, 1.54) is 0 Å². The lowest BCUT2D eigenvalue weighted by atomic mass is 9.86. The van der Waals surface area contributed by atoms with Crippen molar-refractivity contribution in [1.82, 2.24) is 19.3 Å². The zero-order valence-corrected chi connectivity index (χ0v) is 21.2. The predicted octanol–water partition coefficient (Wildman–Crippen LogP) is 4.87. The molecule has 0 N–H and O–H groups in total. The summed E-state index contributed by atoms with van der Waals surface area (Å²) in [7, 11) is 0. The molecule has 2 fully saturated rings. The molecule has 1 amide bonds. The van der Waals surface area contributed by atoms with Crippen LogP contribution in [0.2, 0.25) is 0 Å². The van der Waals surface area contributed by atoms with Gasteiger partial charge in [0.2, 0.25) is 5.95 Å². The lowest BCUT2D eigenvalue weighted by molar-refractivity contribution is 0.0276. The fourth-order valence-electron chi connectivity index (χ4n) is 4.91. The van der Waals surface area contributed by atoms with Gasteiger partial charge in [-0.1, -0.05) is 12.1 Å². The zero-order chi connectivity index (χ0) is 24.1. The van der Waals surface area contributed by atoms with Crippen molar-refractivity contribution < 1.29 is 9.53 Å². The number of ether oxygens (including phenoxy) is 1. The molecule has 1 spiro atoms. The maximum atomic E-state index is 12.6. The topological polar surface area (TPSA) is 86.8 Å². The van der Waals surface area contributed by atoms with Crippen LogP contribution in [-0.4, -0.2) is 57.1 Å². The Morgan fingerprint density at radius 3 is 2.62 bits per heavy atom. The van der Waals surface area contributed by atoms with Crippen LogP contribution in [0.25, 0.3) is 16.9 Å². The number of rotatable bonds is 2. The average Bonchev–Trinajstić information content (AvgIpc) is 3.54. The van der Waals surface area contributed by atoms with E-state index < -0.39 is 5.60 Å².